The minimum Gasteiger partial charge on any atom is -0.471 e. The van der Waals surface area contributed by atoms with E-state index >= 15 is 0 Å². The Balaban J connectivity index is 0. The molecule has 4 nitrogen and oxygen atoms in total. The van der Waals surface area contributed by atoms with E-state index in [9.17, 15) is 0 Å². The molecular weight excluding hydrogens is 112 g/mol. The van der Waals surface area contributed by atoms with E-state index in [0.717, 1.165) is 11.9 Å². The number of carbonyl (C=O) groups excluding carboxylic acids is 3. The zero-order valence-electron chi connectivity index (χ0n) is 4.21. The van der Waals surface area contributed by atoms with E-state index in [0.29, 0.717) is 6.47 Å². The molecular formula is C4H4O4. The molecule has 0 fully saturated rings. The molecule has 0 N–H and O–H groups in total. The van der Waals surface area contributed by atoms with Crippen molar-refractivity contribution in [2.75, 3.05) is 7.11 Å². The third-order valence-corrected chi connectivity index (χ3v) is 0.138. The fraction of sp³-hybridized carbons (Fsp3) is 0.250. The second kappa shape index (κ2) is 17.4. The SMILES string of the molecule is COC=O.O=C=C=O. The summed E-state index contributed by atoms with van der Waals surface area (Å²) in [6.45, 7) is 0.375. The van der Waals surface area contributed by atoms with Crippen molar-refractivity contribution in [1.29, 1.82) is 0 Å². The number of rotatable bonds is 1. The van der Waals surface area contributed by atoms with Crippen LogP contribution in [0.1, 0.15) is 0 Å². The van der Waals surface area contributed by atoms with Gasteiger partial charge in [0, 0.05) is 0 Å². The third-order valence-electron chi connectivity index (χ3n) is 0.138. The molecule has 0 heterocycles. The van der Waals surface area contributed by atoms with Crippen molar-refractivity contribution in [3.63, 3.8) is 0 Å². The summed E-state index contributed by atoms with van der Waals surface area (Å²) in [6, 6.07) is 0. The average molecular weight is 116 g/mol. The Kier molecular flexibility index (Phi) is 21.4. The smallest absolute Gasteiger partial charge is 0.292 e. The molecule has 0 aromatic carbocycles. The van der Waals surface area contributed by atoms with Gasteiger partial charge >= 0.3 is 0 Å². The topological polar surface area (TPSA) is 60.4 Å². The average Bonchev–Trinajstić information content (AvgIpc) is 1.88. The Morgan fingerprint density at radius 2 is 1.62 bits per heavy atom. The fourth-order valence-corrected chi connectivity index (χ4v) is 0. The van der Waals surface area contributed by atoms with Gasteiger partial charge < -0.3 is 4.74 Å². The predicted octanol–water partition coefficient (Wildman–Crippen LogP) is -1.01. The highest BCUT2D eigenvalue weighted by Gasteiger charge is 1.44. The molecule has 0 aromatic rings. The second-order valence-corrected chi connectivity index (χ2v) is 0.536. The minimum absolute atomic E-state index is 0.375. The summed E-state index contributed by atoms with van der Waals surface area (Å²) in [7, 11) is 1.31. The number of hydrogen-bond acceptors (Lipinski definition) is 4. The molecule has 0 bridgehead atoms. The predicted molar refractivity (Wildman–Crippen MR) is 24.5 cm³/mol. The molecule has 0 aromatic heterocycles. The number of hydrogen-bond donors (Lipinski definition) is 0. The van der Waals surface area contributed by atoms with Crippen molar-refractivity contribution in [3.05, 3.63) is 0 Å². The number of carbonyl (C=O) groups is 1. The maximum absolute atomic E-state index is 8.95. The van der Waals surface area contributed by atoms with Crippen LogP contribution >= 0.6 is 0 Å². The summed E-state index contributed by atoms with van der Waals surface area (Å²) in [5.74, 6) is 1.75. The fourth-order valence-electron chi connectivity index (χ4n) is 0. The van der Waals surface area contributed by atoms with Gasteiger partial charge in [-0.25, -0.2) is 9.59 Å². The van der Waals surface area contributed by atoms with Gasteiger partial charge in [-0.05, 0) is 0 Å². The maximum Gasteiger partial charge on any atom is 0.292 e. The third kappa shape index (κ3) is 154. The van der Waals surface area contributed by atoms with Crippen LogP contribution in [0.2, 0.25) is 0 Å². The van der Waals surface area contributed by atoms with Crippen LogP contribution in [0, 0.1) is 0 Å². The molecule has 0 aliphatic heterocycles. The normalized spacial score (nSPS) is 4.12. The van der Waals surface area contributed by atoms with E-state index in [4.69, 9.17) is 14.4 Å². The van der Waals surface area contributed by atoms with E-state index in [1.54, 1.807) is 0 Å². The summed E-state index contributed by atoms with van der Waals surface area (Å²) in [4.78, 5) is 26.2. The Labute approximate surface area is 45.7 Å². The Bertz CT molecular complexity index is 97.2. The van der Waals surface area contributed by atoms with Gasteiger partial charge in [0.05, 0.1) is 7.11 Å². The zero-order valence-corrected chi connectivity index (χ0v) is 4.21. The quantitative estimate of drug-likeness (QED) is 0.325. The van der Waals surface area contributed by atoms with E-state index in [-0.39, 0.29) is 0 Å². The van der Waals surface area contributed by atoms with Gasteiger partial charge in [0.1, 0.15) is 0 Å². The molecule has 0 radical (unpaired) electrons. The lowest BCUT2D eigenvalue weighted by atomic mass is 11.2. The Morgan fingerprint density at radius 3 is 1.62 bits per heavy atom. The first-order chi connectivity index (χ1) is 3.83. The minimum atomic E-state index is 0.375. The van der Waals surface area contributed by atoms with Gasteiger partial charge in [-0.3, -0.25) is 4.79 Å². The van der Waals surface area contributed by atoms with Crippen molar-refractivity contribution in [3.8, 4) is 0 Å². The van der Waals surface area contributed by atoms with Crippen LogP contribution in [-0.4, -0.2) is 25.5 Å². The van der Waals surface area contributed by atoms with Gasteiger partial charge in [0.25, 0.3) is 6.47 Å². The first-order valence-corrected chi connectivity index (χ1v) is 1.54. The standard InChI is InChI=1S/C2H4O2.C2O2/c1-4-2-3;3-1-2-4/h2H,1H3;. The summed E-state index contributed by atoms with van der Waals surface area (Å²) < 4.78 is 3.86. The lowest BCUT2D eigenvalue weighted by Gasteiger charge is -1.67. The molecule has 4 heteroatoms. The highest BCUT2D eigenvalue weighted by Crippen LogP contribution is 1.35. The van der Waals surface area contributed by atoms with E-state index < -0.39 is 0 Å². The van der Waals surface area contributed by atoms with E-state index in [2.05, 4.69) is 4.74 Å². The van der Waals surface area contributed by atoms with E-state index in [1.165, 1.54) is 7.11 Å². The molecule has 0 saturated heterocycles. The molecule has 0 spiro atoms. The van der Waals surface area contributed by atoms with Crippen LogP contribution in [0.3, 0.4) is 0 Å². The molecule has 0 rings (SSSR count). The first kappa shape index (κ1) is 9.80. The van der Waals surface area contributed by atoms with Gasteiger partial charge in [-0.1, -0.05) is 0 Å². The van der Waals surface area contributed by atoms with Crippen LogP contribution < -0.4 is 0 Å². The highest BCUT2D eigenvalue weighted by atomic mass is 16.5. The van der Waals surface area contributed by atoms with Gasteiger partial charge in [-0.15, -0.1) is 0 Å². The second-order valence-electron chi connectivity index (χ2n) is 0.536. The Hall–Kier alpha value is -1.37. The highest BCUT2D eigenvalue weighted by molar-refractivity contribution is 5.81. The molecule has 0 atom stereocenters. The monoisotopic (exact) mass is 116 g/mol. The van der Waals surface area contributed by atoms with Crippen LogP contribution in [-0.2, 0) is 19.1 Å². The maximum atomic E-state index is 8.95. The van der Waals surface area contributed by atoms with Gasteiger partial charge in [0.15, 0.2) is 0 Å². The molecule has 0 amide bonds. The van der Waals surface area contributed by atoms with Crippen LogP contribution in [0.4, 0.5) is 0 Å². The van der Waals surface area contributed by atoms with E-state index in [1.807, 2.05) is 0 Å². The largest absolute Gasteiger partial charge is 0.471 e. The van der Waals surface area contributed by atoms with Gasteiger partial charge in [-0.2, -0.15) is 0 Å². The molecule has 0 aliphatic carbocycles. The summed E-state index contributed by atoms with van der Waals surface area (Å²) in [5, 5.41) is 0. The van der Waals surface area contributed by atoms with Crippen molar-refractivity contribution in [1.82, 2.24) is 0 Å². The molecule has 0 unspecified atom stereocenters. The van der Waals surface area contributed by atoms with Crippen molar-refractivity contribution in [2.24, 2.45) is 0 Å². The first-order valence-electron chi connectivity index (χ1n) is 1.54. The van der Waals surface area contributed by atoms with Gasteiger partial charge in [0.2, 0.25) is 11.9 Å². The lowest BCUT2D eigenvalue weighted by Crippen LogP contribution is -1.68. The van der Waals surface area contributed by atoms with Crippen molar-refractivity contribution >= 4 is 18.4 Å². The number of ether oxygens (including phenoxy) is 1. The number of methoxy groups -OCH3 is 1. The van der Waals surface area contributed by atoms with Crippen molar-refractivity contribution in [2.45, 2.75) is 0 Å². The molecule has 44 valence electrons. The summed E-state index contributed by atoms with van der Waals surface area (Å²) >= 11 is 0. The summed E-state index contributed by atoms with van der Waals surface area (Å²) in [5.41, 5.74) is 0. The molecule has 0 saturated carbocycles. The zero-order chi connectivity index (χ0) is 6.83. The molecule has 0 aliphatic rings. The van der Waals surface area contributed by atoms with Crippen LogP contribution in [0.25, 0.3) is 0 Å². The van der Waals surface area contributed by atoms with Crippen LogP contribution in [0.5, 0.6) is 0 Å². The lowest BCUT2D eigenvalue weighted by molar-refractivity contribution is -0.126. The summed E-state index contributed by atoms with van der Waals surface area (Å²) in [6.07, 6.45) is 0. The van der Waals surface area contributed by atoms with Crippen LogP contribution in [0.15, 0.2) is 0 Å². The molecule has 8 heavy (non-hydrogen) atoms. The van der Waals surface area contributed by atoms with Crippen molar-refractivity contribution < 1.29 is 19.1 Å². The Morgan fingerprint density at radius 1 is 1.38 bits per heavy atom.